The Bertz CT molecular complexity index is 1420. The topological polar surface area (TPSA) is 240 Å². The number of nitrogens with one attached hydrogen (secondary N) is 1. The van der Waals surface area contributed by atoms with Gasteiger partial charge in [0.25, 0.3) is 5.91 Å². The Morgan fingerprint density at radius 3 is 2.47 bits per heavy atom. The summed E-state index contributed by atoms with van der Waals surface area (Å²) in [5.41, 5.74) is 6.19. The maximum absolute atomic E-state index is 13.1. The van der Waals surface area contributed by atoms with Crippen LogP contribution in [0.2, 0.25) is 0 Å². The van der Waals surface area contributed by atoms with Crippen LogP contribution in [0.15, 0.2) is 46.5 Å². The quantitative estimate of drug-likeness (QED) is 0.0518. The number of rotatable bonds is 8. The minimum Gasteiger partial charge on any atom is -0.506 e. The number of hydrogen-bond donors (Lipinski definition) is 7. The highest BCUT2D eigenvalue weighted by atomic mass is 31.2. The number of benzene rings is 1. The monoisotopic (exact) mass is 683 g/mol. The molecule has 1 aliphatic heterocycles. The normalized spacial score (nSPS) is 25.3. The van der Waals surface area contributed by atoms with E-state index in [2.05, 4.69) is 14.8 Å². The molecule has 2 amide bonds. The third-order valence-electron chi connectivity index (χ3n) is 7.53. The average Bonchev–Trinajstić information content (AvgIpc) is 2.98. The second-order valence-electron chi connectivity index (χ2n) is 11.4. The molecule has 2 bridgehead atoms. The largest absolute Gasteiger partial charge is 0.506 e. The van der Waals surface area contributed by atoms with E-state index in [0.29, 0.717) is 5.57 Å². The fourth-order valence-electron chi connectivity index (χ4n) is 5.12. The number of ether oxygens (including phenoxy) is 3. The Balaban J connectivity index is 2.64. The molecule has 0 saturated carbocycles. The summed E-state index contributed by atoms with van der Waals surface area (Å²) >= 11 is 0. The van der Waals surface area contributed by atoms with E-state index in [1.807, 2.05) is 6.92 Å². The first kappa shape index (κ1) is 39.6. The van der Waals surface area contributed by atoms with Crippen LogP contribution in [-0.2, 0) is 34.5 Å². The van der Waals surface area contributed by atoms with Gasteiger partial charge < -0.3 is 50.4 Å². The van der Waals surface area contributed by atoms with Gasteiger partial charge in [-0.3, -0.25) is 14.3 Å². The van der Waals surface area contributed by atoms with Gasteiger partial charge in [-0.15, -0.1) is 0 Å². The van der Waals surface area contributed by atoms with Crippen LogP contribution < -0.4 is 11.1 Å². The smallest absolute Gasteiger partial charge is 0.469 e. The van der Waals surface area contributed by atoms with Gasteiger partial charge in [0, 0.05) is 50.0 Å². The summed E-state index contributed by atoms with van der Waals surface area (Å²) in [6.45, 7) is 6.50. The van der Waals surface area contributed by atoms with Crippen molar-refractivity contribution in [2.45, 2.75) is 71.4 Å². The van der Waals surface area contributed by atoms with Crippen LogP contribution in [0, 0.1) is 11.8 Å². The minimum atomic E-state index is -4.68. The van der Waals surface area contributed by atoms with Gasteiger partial charge in [-0.1, -0.05) is 38.2 Å². The highest BCUT2D eigenvalue weighted by Crippen LogP contribution is 2.44. The fraction of sp³-hybridized carbons (Fsp3) is 0.516. The molecule has 6 atom stereocenters. The summed E-state index contributed by atoms with van der Waals surface area (Å²) < 4.78 is 31.9. The first-order valence-electron chi connectivity index (χ1n) is 14.8. The number of allylic oxidation sites excluding steroid dienone is 2. The Labute approximate surface area is 274 Å². The van der Waals surface area contributed by atoms with Gasteiger partial charge >= 0.3 is 13.9 Å². The van der Waals surface area contributed by atoms with Gasteiger partial charge in [-0.25, -0.2) is 9.36 Å². The molecule has 5 unspecified atom stereocenters. The van der Waals surface area contributed by atoms with Crippen molar-refractivity contribution in [1.82, 2.24) is 0 Å². The molecule has 47 heavy (non-hydrogen) atoms. The molecule has 1 aliphatic rings. The molecule has 16 heteroatoms. The number of phenols is 2. The number of primary amides is 1. The van der Waals surface area contributed by atoms with Gasteiger partial charge in [0.1, 0.15) is 23.3 Å². The summed E-state index contributed by atoms with van der Waals surface area (Å²) in [6, 6.07) is 1.14. The number of carbonyl (C=O) groups is 2. The standard InChI is InChI=1S/C31H46N3O12P/c1-17-13-21-26(33-11-8-12-45-47(40,41)42)23(35)16-22(28(21)37)34-30(38)18(2)9-7-10-24(43-5)29(46-31(32)39)20(4)15-19(3)27(36)25(14-17)44-6/h7,9-11,15-17,19,24-25,27,29,35-37H,8,12-14H2,1-6H3,(H2,32,39)(H,34,38)(H2,40,41,42)/t17?,19?,24?,25?,27?,29-/m0/s1. The molecule has 262 valence electrons. The molecule has 15 nitrogen and oxygen atoms in total. The van der Waals surface area contributed by atoms with Crippen LogP contribution >= 0.6 is 7.82 Å². The summed E-state index contributed by atoms with van der Waals surface area (Å²) in [5, 5.41) is 36.1. The van der Waals surface area contributed by atoms with Gasteiger partial charge in [-0.2, -0.15) is 0 Å². The van der Waals surface area contributed by atoms with Crippen molar-refractivity contribution in [2.24, 2.45) is 22.6 Å². The van der Waals surface area contributed by atoms with E-state index in [0.717, 1.165) is 6.07 Å². The summed E-state index contributed by atoms with van der Waals surface area (Å²) in [5.74, 6) is -2.10. The van der Waals surface area contributed by atoms with E-state index in [1.165, 1.54) is 39.5 Å². The molecule has 0 aliphatic carbocycles. The zero-order valence-electron chi connectivity index (χ0n) is 27.3. The predicted molar refractivity (Wildman–Crippen MR) is 175 cm³/mol. The van der Waals surface area contributed by atoms with Crippen LogP contribution in [0.5, 0.6) is 11.5 Å². The Morgan fingerprint density at radius 2 is 1.87 bits per heavy atom. The number of nitrogens with zero attached hydrogens (tertiary/aromatic N) is 1. The van der Waals surface area contributed by atoms with Crippen molar-refractivity contribution in [2.75, 3.05) is 26.1 Å². The van der Waals surface area contributed by atoms with E-state index >= 15 is 0 Å². The van der Waals surface area contributed by atoms with Crippen molar-refractivity contribution >= 4 is 37.4 Å². The number of aliphatic hydroxyl groups is 1. The molecule has 0 saturated heterocycles. The fourth-order valence-corrected chi connectivity index (χ4v) is 5.46. The number of amides is 2. The highest BCUT2D eigenvalue weighted by molar-refractivity contribution is 7.46. The van der Waals surface area contributed by atoms with Crippen LogP contribution in [-0.4, -0.2) is 88.6 Å². The number of phenolic OH excluding ortho intramolecular Hbond substituents is 2. The number of nitrogens with two attached hydrogens (primary N) is 1. The number of anilines is 1. The lowest BCUT2D eigenvalue weighted by atomic mass is 9.87. The number of aliphatic hydroxyl groups excluding tert-OH is 1. The average molecular weight is 684 g/mol. The van der Waals surface area contributed by atoms with E-state index in [1.54, 1.807) is 26.0 Å². The van der Waals surface area contributed by atoms with E-state index in [4.69, 9.17) is 29.7 Å². The highest BCUT2D eigenvalue weighted by Gasteiger charge is 2.30. The lowest BCUT2D eigenvalue weighted by Gasteiger charge is -2.29. The van der Waals surface area contributed by atoms with Crippen molar-refractivity contribution in [3.05, 3.63) is 47.1 Å². The number of methoxy groups -OCH3 is 2. The van der Waals surface area contributed by atoms with E-state index in [-0.39, 0.29) is 65.8 Å². The summed E-state index contributed by atoms with van der Waals surface area (Å²) in [7, 11) is -1.81. The van der Waals surface area contributed by atoms with E-state index in [9.17, 15) is 29.5 Å². The van der Waals surface area contributed by atoms with Crippen LogP contribution in [0.3, 0.4) is 0 Å². The van der Waals surface area contributed by atoms with Crippen molar-refractivity contribution in [3.63, 3.8) is 0 Å². The number of hydrogen-bond acceptors (Lipinski definition) is 11. The molecule has 0 aromatic heterocycles. The van der Waals surface area contributed by atoms with E-state index < -0.39 is 50.2 Å². The van der Waals surface area contributed by atoms with Crippen LogP contribution in [0.1, 0.15) is 46.1 Å². The van der Waals surface area contributed by atoms with Crippen molar-refractivity contribution in [3.8, 4) is 11.5 Å². The molecule has 1 heterocycles. The molecule has 1 aromatic carbocycles. The number of carbonyl (C=O) groups excluding carboxylic acids is 2. The molecular weight excluding hydrogens is 637 g/mol. The lowest BCUT2D eigenvalue weighted by Crippen LogP contribution is -2.37. The summed E-state index contributed by atoms with van der Waals surface area (Å²) in [4.78, 5) is 46.9. The molecule has 1 aromatic rings. The third-order valence-corrected chi connectivity index (χ3v) is 8.05. The SMILES string of the molecule is COC1CC(C)Cc2c(O)c(cc(O)c2N=CCCOP(=O)(O)O)NC(=O)C(C)=CC=CC(OC)[C@@H](OC(N)=O)C(C)=CC(C)C1O. The molecule has 8 N–H and O–H groups in total. The predicted octanol–water partition coefficient (Wildman–Crippen LogP) is 3.76. The molecule has 0 fully saturated rings. The molecule has 2 rings (SSSR count). The van der Waals surface area contributed by atoms with Gasteiger partial charge in [-0.05, 0) is 38.2 Å². The maximum atomic E-state index is 13.1. The van der Waals surface area contributed by atoms with Crippen molar-refractivity contribution in [1.29, 1.82) is 0 Å². The molecule has 0 radical (unpaired) electrons. The number of phosphoric ester groups is 1. The van der Waals surface area contributed by atoms with Gasteiger partial charge in [0.15, 0.2) is 6.10 Å². The van der Waals surface area contributed by atoms with Gasteiger partial charge in [0.2, 0.25) is 0 Å². The Morgan fingerprint density at radius 1 is 1.19 bits per heavy atom. The number of aliphatic imine (C=N–C) groups is 1. The zero-order chi connectivity index (χ0) is 35.5. The first-order chi connectivity index (χ1) is 22.0. The first-order valence-corrected chi connectivity index (χ1v) is 16.4. The third kappa shape index (κ3) is 12.2. The second kappa shape index (κ2) is 18.1. The molecular formula is C31H46N3O12P. The molecule has 0 spiro atoms. The van der Waals surface area contributed by atoms with Crippen LogP contribution in [0.25, 0.3) is 0 Å². The second-order valence-corrected chi connectivity index (χ2v) is 12.6. The van der Waals surface area contributed by atoms with Crippen molar-refractivity contribution < 1.29 is 58.0 Å². The van der Waals surface area contributed by atoms with Gasteiger partial charge in [0.05, 0.1) is 24.5 Å². The number of fused-ring (bicyclic) bond motifs is 2. The zero-order valence-corrected chi connectivity index (χ0v) is 28.2. The van der Waals surface area contributed by atoms with Crippen LogP contribution in [0.4, 0.5) is 16.2 Å². The Kier molecular flexibility index (Phi) is 15.3. The number of aromatic hydroxyl groups is 2. The number of phosphoric acid groups is 1. The summed E-state index contributed by atoms with van der Waals surface area (Å²) in [6.07, 6.45) is 3.47. The lowest BCUT2D eigenvalue weighted by molar-refractivity contribution is -0.112. The maximum Gasteiger partial charge on any atom is 0.469 e. The minimum absolute atomic E-state index is 0.0165. The Hall–Kier alpha value is -3.56.